The second kappa shape index (κ2) is 8.93. The Bertz CT molecular complexity index is 991. The molecular weight excluding hydrogens is 424 g/mol. The second-order valence-corrected chi connectivity index (χ2v) is 7.69. The van der Waals surface area contributed by atoms with E-state index in [0.29, 0.717) is 17.7 Å². The number of aliphatic hydroxyl groups is 4. The van der Waals surface area contributed by atoms with Crippen molar-refractivity contribution >= 4 is 5.97 Å². The maximum absolute atomic E-state index is 12.6. The summed E-state index contributed by atoms with van der Waals surface area (Å²) in [5.74, 6) is -0.434. The molecule has 2 aliphatic heterocycles. The minimum atomic E-state index is -1.57. The molecular formula is C22H24O10. The lowest BCUT2D eigenvalue weighted by Crippen LogP contribution is -2.60. The highest BCUT2D eigenvalue weighted by Crippen LogP contribution is 2.38. The number of aromatic hydroxyl groups is 1. The first kappa shape index (κ1) is 22.3. The van der Waals surface area contributed by atoms with Gasteiger partial charge in [0.25, 0.3) is 0 Å². The van der Waals surface area contributed by atoms with E-state index in [2.05, 4.69) is 0 Å². The van der Waals surface area contributed by atoms with Crippen molar-refractivity contribution in [1.82, 2.24) is 0 Å². The number of rotatable bonds is 5. The van der Waals surface area contributed by atoms with E-state index in [9.17, 15) is 30.3 Å². The average Bonchev–Trinajstić information content (AvgIpc) is 2.78. The molecule has 2 aromatic rings. The molecule has 1 unspecified atom stereocenters. The summed E-state index contributed by atoms with van der Waals surface area (Å²) in [4.78, 5) is 12.6. The Hall–Kier alpha value is -2.89. The van der Waals surface area contributed by atoms with E-state index in [1.807, 2.05) is 0 Å². The van der Waals surface area contributed by atoms with Gasteiger partial charge in [-0.3, -0.25) is 4.79 Å². The van der Waals surface area contributed by atoms with Crippen LogP contribution in [0, 0.1) is 0 Å². The molecule has 0 spiro atoms. The standard InChI is InChI=1S/C22H24O10/c1-29-15-5-3-10(7-14(15)24)13-6-11-2-4-12(8-16(11)31-21(13)28)30-22-20(27)19(26)18(25)17(9-23)32-22/h2-5,7-8,13,17-20,22-27H,6,9H2,1H3/t13?,17-,18-,19+,20-,22-/m1/s1. The smallest absolute Gasteiger partial charge is 0.319 e. The molecule has 1 fully saturated rings. The summed E-state index contributed by atoms with van der Waals surface area (Å²) in [6.45, 7) is -0.574. The number of methoxy groups -OCH3 is 1. The topological polar surface area (TPSA) is 155 Å². The Balaban J connectivity index is 1.51. The van der Waals surface area contributed by atoms with Crippen molar-refractivity contribution in [2.45, 2.75) is 43.0 Å². The van der Waals surface area contributed by atoms with Gasteiger partial charge in [-0.25, -0.2) is 0 Å². The lowest BCUT2D eigenvalue weighted by molar-refractivity contribution is -0.277. The van der Waals surface area contributed by atoms with Gasteiger partial charge in [-0.15, -0.1) is 0 Å². The second-order valence-electron chi connectivity index (χ2n) is 7.69. The number of hydrogen-bond donors (Lipinski definition) is 5. The van der Waals surface area contributed by atoms with E-state index >= 15 is 0 Å². The lowest BCUT2D eigenvalue weighted by Gasteiger charge is -2.39. The van der Waals surface area contributed by atoms with E-state index in [0.717, 1.165) is 5.56 Å². The first-order chi connectivity index (χ1) is 15.3. The molecule has 0 bridgehead atoms. The Morgan fingerprint density at radius 2 is 1.84 bits per heavy atom. The van der Waals surface area contributed by atoms with E-state index in [1.54, 1.807) is 24.3 Å². The molecule has 0 aliphatic carbocycles. The fourth-order valence-corrected chi connectivity index (χ4v) is 3.83. The number of fused-ring (bicyclic) bond motifs is 1. The molecule has 0 saturated carbocycles. The molecule has 2 aliphatic rings. The number of hydrogen-bond acceptors (Lipinski definition) is 10. The van der Waals surface area contributed by atoms with E-state index in [-0.39, 0.29) is 17.2 Å². The van der Waals surface area contributed by atoms with E-state index in [4.69, 9.17) is 18.9 Å². The fraction of sp³-hybridized carbons (Fsp3) is 0.409. The first-order valence-electron chi connectivity index (χ1n) is 10.0. The molecule has 32 heavy (non-hydrogen) atoms. The highest BCUT2D eigenvalue weighted by atomic mass is 16.7. The maximum Gasteiger partial charge on any atom is 0.319 e. The fourth-order valence-electron chi connectivity index (χ4n) is 3.83. The minimum absolute atomic E-state index is 0.0770. The van der Waals surface area contributed by atoms with Gasteiger partial charge in [0.15, 0.2) is 11.5 Å². The molecule has 10 heteroatoms. The average molecular weight is 448 g/mol. The van der Waals surface area contributed by atoms with Crippen LogP contribution in [0.15, 0.2) is 36.4 Å². The van der Waals surface area contributed by atoms with Crippen molar-refractivity contribution < 1.29 is 49.3 Å². The predicted octanol–water partition coefficient (Wildman–Crippen LogP) is -0.175. The molecule has 5 N–H and O–H groups in total. The third-order valence-electron chi connectivity index (χ3n) is 5.66. The molecule has 2 heterocycles. The van der Waals surface area contributed by atoms with Gasteiger partial charge in [-0.1, -0.05) is 12.1 Å². The van der Waals surface area contributed by atoms with Crippen LogP contribution < -0.4 is 14.2 Å². The van der Waals surface area contributed by atoms with Gasteiger partial charge in [0.05, 0.1) is 19.6 Å². The number of phenols is 1. The highest BCUT2D eigenvalue weighted by molar-refractivity contribution is 5.83. The Kier molecular flexibility index (Phi) is 6.22. The number of carbonyl (C=O) groups excluding carboxylic acids is 1. The van der Waals surface area contributed by atoms with E-state index < -0.39 is 49.2 Å². The first-order valence-corrected chi connectivity index (χ1v) is 10.0. The normalized spacial score (nSPS) is 29.7. The molecule has 4 rings (SSSR count). The van der Waals surface area contributed by atoms with Crippen LogP contribution in [0.4, 0.5) is 0 Å². The van der Waals surface area contributed by atoms with Gasteiger partial charge in [-0.2, -0.15) is 0 Å². The SMILES string of the molecule is COc1ccc(C2Cc3ccc(O[C@@H]4O[C@H](CO)[C@@H](O)[C@H](O)[C@H]4O)cc3OC2=O)cc1O. The minimum Gasteiger partial charge on any atom is -0.504 e. The van der Waals surface area contributed by atoms with Crippen LogP contribution >= 0.6 is 0 Å². The third kappa shape index (κ3) is 4.10. The number of ether oxygens (including phenoxy) is 4. The number of benzene rings is 2. The van der Waals surface area contributed by atoms with Gasteiger partial charge in [0.1, 0.15) is 35.9 Å². The van der Waals surface area contributed by atoms with Gasteiger partial charge < -0.3 is 44.5 Å². The van der Waals surface area contributed by atoms with Crippen LogP contribution in [0.25, 0.3) is 0 Å². The summed E-state index contributed by atoms with van der Waals surface area (Å²) in [5.41, 5.74) is 1.31. The van der Waals surface area contributed by atoms with Crippen LogP contribution in [0.5, 0.6) is 23.0 Å². The zero-order valence-electron chi connectivity index (χ0n) is 17.1. The zero-order chi connectivity index (χ0) is 23.0. The van der Waals surface area contributed by atoms with Crippen LogP contribution in [-0.2, 0) is 16.0 Å². The Morgan fingerprint density at radius 3 is 2.53 bits per heavy atom. The molecule has 10 nitrogen and oxygen atoms in total. The number of phenolic OH excluding ortho intramolecular Hbond substituents is 1. The van der Waals surface area contributed by atoms with Crippen molar-refractivity contribution in [2.75, 3.05) is 13.7 Å². The van der Waals surface area contributed by atoms with Crippen LogP contribution in [0.2, 0.25) is 0 Å². The van der Waals surface area contributed by atoms with Crippen molar-refractivity contribution in [3.05, 3.63) is 47.5 Å². The van der Waals surface area contributed by atoms with E-state index in [1.165, 1.54) is 19.2 Å². The Labute approximate surface area is 183 Å². The molecule has 2 aromatic carbocycles. The number of carbonyl (C=O) groups is 1. The summed E-state index contributed by atoms with van der Waals surface area (Å²) in [5, 5.41) is 49.2. The summed E-state index contributed by atoms with van der Waals surface area (Å²) < 4.78 is 21.4. The molecule has 0 radical (unpaired) electrons. The van der Waals surface area contributed by atoms with Gasteiger partial charge >= 0.3 is 5.97 Å². The van der Waals surface area contributed by atoms with Crippen molar-refractivity contribution in [1.29, 1.82) is 0 Å². The van der Waals surface area contributed by atoms with Crippen molar-refractivity contribution in [2.24, 2.45) is 0 Å². The summed E-state index contributed by atoms with van der Waals surface area (Å²) >= 11 is 0. The van der Waals surface area contributed by atoms with Crippen molar-refractivity contribution in [3.8, 4) is 23.0 Å². The molecule has 6 atom stereocenters. The lowest BCUT2D eigenvalue weighted by atomic mass is 9.89. The maximum atomic E-state index is 12.6. The zero-order valence-corrected chi connectivity index (χ0v) is 17.1. The largest absolute Gasteiger partial charge is 0.504 e. The van der Waals surface area contributed by atoms with Crippen LogP contribution in [0.3, 0.4) is 0 Å². The monoisotopic (exact) mass is 448 g/mol. The Morgan fingerprint density at radius 1 is 1.06 bits per heavy atom. The molecule has 172 valence electrons. The number of esters is 1. The third-order valence-corrected chi connectivity index (χ3v) is 5.66. The summed E-state index contributed by atoms with van der Waals surface area (Å²) in [7, 11) is 1.43. The molecule has 0 aromatic heterocycles. The van der Waals surface area contributed by atoms with Gasteiger partial charge in [0.2, 0.25) is 6.29 Å². The van der Waals surface area contributed by atoms with Crippen LogP contribution in [0.1, 0.15) is 17.0 Å². The predicted molar refractivity (Wildman–Crippen MR) is 108 cm³/mol. The van der Waals surface area contributed by atoms with Gasteiger partial charge in [-0.05, 0) is 35.7 Å². The summed E-state index contributed by atoms with van der Waals surface area (Å²) in [6, 6.07) is 9.46. The quantitative estimate of drug-likeness (QED) is 0.307. The van der Waals surface area contributed by atoms with Crippen molar-refractivity contribution in [3.63, 3.8) is 0 Å². The highest BCUT2D eigenvalue weighted by Gasteiger charge is 2.44. The molecule has 0 amide bonds. The van der Waals surface area contributed by atoms with Crippen LogP contribution in [-0.4, -0.2) is 75.9 Å². The molecule has 1 saturated heterocycles. The summed E-state index contributed by atoms with van der Waals surface area (Å²) in [6.07, 6.45) is -6.73. The number of aliphatic hydroxyl groups excluding tert-OH is 4. The van der Waals surface area contributed by atoms with Gasteiger partial charge in [0, 0.05) is 6.07 Å².